The van der Waals surface area contributed by atoms with Gasteiger partial charge in [-0.05, 0) is 26.0 Å². The first-order valence-corrected chi connectivity index (χ1v) is 6.00. The van der Waals surface area contributed by atoms with Crippen molar-refractivity contribution in [3.05, 3.63) is 22.1 Å². The first-order valence-electron chi connectivity index (χ1n) is 4.37. The first-order chi connectivity index (χ1) is 6.74. The molecule has 2 heterocycles. The molecule has 0 saturated carbocycles. The molecule has 3 aromatic rings. The lowest BCUT2D eigenvalue weighted by Gasteiger charge is -1.87. The summed E-state index contributed by atoms with van der Waals surface area (Å²) in [5.41, 5.74) is 2.13. The summed E-state index contributed by atoms with van der Waals surface area (Å²) in [4.78, 5) is 9.03. The van der Waals surface area contributed by atoms with E-state index < -0.39 is 0 Å². The number of fused-ring (bicyclic) bond motifs is 3. The summed E-state index contributed by atoms with van der Waals surface area (Å²) in [7, 11) is 0. The average Bonchev–Trinajstić information content (AvgIpc) is 2.65. The van der Waals surface area contributed by atoms with Gasteiger partial charge >= 0.3 is 0 Å². The summed E-state index contributed by atoms with van der Waals surface area (Å²) in [6.07, 6.45) is 0. The van der Waals surface area contributed by atoms with Crippen LogP contribution in [0.3, 0.4) is 0 Å². The maximum Gasteiger partial charge on any atom is 0.109 e. The van der Waals surface area contributed by atoms with E-state index in [2.05, 4.69) is 22.1 Å². The van der Waals surface area contributed by atoms with Crippen LogP contribution in [0.25, 0.3) is 20.4 Å². The fourth-order valence-electron chi connectivity index (χ4n) is 1.60. The predicted octanol–water partition coefficient (Wildman–Crippen LogP) is 3.52. The van der Waals surface area contributed by atoms with Crippen LogP contribution in [0.5, 0.6) is 0 Å². The van der Waals surface area contributed by atoms with Gasteiger partial charge in [0.05, 0.1) is 19.4 Å². The van der Waals surface area contributed by atoms with E-state index in [1.165, 1.54) is 9.40 Å². The molecule has 0 fully saturated rings. The van der Waals surface area contributed by atoms with Crippen LogP contribution in [0.4, 0.5) is 0 Å². The van der Waals surface area contributed by atoms with Gasteiger partial charge in [-0.1, -0.05) is 0 Å². The molecule has 2 nitrogen and oxygen atoms in total. The molecular formula is C10H8N2S2. The molecule has 70 valence electrons. The van der Waals surface area contributed by atoms with Gasteiger partial charge in [-0.15, -0.1) is 22.7 Å². The molecular weight excluding hydrogens is 212 g/mol. The van der Waals surface area contributed by atoms with Gasteiger partial charge in [-0.3, -0.25) is 0 Å². The Balaban J connectivity index is 2.58. The van der Waals surface area contributed by atoms with E-state index in [1.807, 2.05) is 13.8 Å². The summed E-state index contributed by atoms with van der Waals surface area (Å²) in [5, 5.41) is 2.22. The smallest absolute Gasteiger partial charge is 0.109 e. The molecule has 0 aliphatic carbocycles. The monoisotopic (exact) mass is 220 g/mol. The second kappa shape index (κ2) is 2.74. The Bertz CT molecular complexity index is 566. The van der Waals surface area contributed by atoms with E-state index >= 15 is 0 Å². The predicted molar refractivity (Wildman–Crippen MR) is 62.3 cm³/mol. The molecule has 0 N–H and O–H groups in total. The summed E-state index contributed by atoms with van der Waals surface area (Å²) in [5.74, 6) is 0. The van der Waals surface area contributed by atoms with Gasteiger partial charge in [0.25, 0.3) is 0 Å². The molecule has 0 bridgehead atoms. The molecule has 0 spiro atoms. The lowest BCUT2D eigenvalue weighted by atomic mass is 10.3. The Kier molecular flexibility index (Phi) is 1.63. The maximum absolute atomic E-state index is 4.52. The van der Waals surface area contributed by atoms with E-state index in [-0.39, 0.29) is 0 Å². The van der Waals surface area contributed by atoms with Crippen LogP contribution in [-0.4, -0.2) is 9.97 Å². The summed E-state index contributed by atoms with van der Waals surface area (Å²) < 4.78 is 2.47. The SMILES string of the molecule is Cc1nc2c(ccc3sc(C)nc32)s1. The van der Waals surface area contributed by atoms with Crippen LogP contribution in [0.1, 0.15) is 10.0 Å². The number of rotatable bonds is 0. The van der Waals surface area contributed by atoms with E-state index in [0.717, 1.165) is 21.0 Å². The number of nitrogens with zero attached hydrogens (tertiary/aromatic N) is 2. The Morgan fingerprint density at radius 1 is 0.857 bits per heavy atom. The van der Waals surface area contributed by atoms with Crippen molar-refractivity contribution >= 4 is 43.1 Å². The van der Waals surface area contributed by atoms with Crippen molar-refractivity contribution in [3.63, 3.8) is 0 Å². The van der Waals surface area contributed by atoms with Crippen molar-refractivity contribution in [1.29, 1.82) is 0 Å². The van der Waals surface area contributed by atoms with Crippen molar-refractivity contribution in [3.8, 4) is 0 Å². The number of aryl methyl sites for hydroxylation is 2. The molecule has 3 rings (SSSR count). The molecule has 0 aliphatic heterocycles. The van der Waals surface area contributed by atoms with Gasteiger partial charge in [-0.25, -0.2) is 9.97 Å². The third kappa shape index (κ3) is 1.07. The number of hydrogen-bond donors (Lipinski definition) is 0. The number of hydrogen-bond acceptors (Lipinski definition) is 4. The van der Waals surface area contributed by atoms with Gasteiger partial charge in [0.1, 0.15) is 11.0 Å². The largest absolute Gasteiger partial charge is 0.239 e. The number of thiazole rings is 2. The zero-order chi connectivity index (χ0) is 9.71. The minimum Gasteiger partial charge on any atom is -0.239 e. The highest BCUT2D eigenvalue weighted by Crippen LogP contribution is 2.31. The lowest BCUT2D eigenvalue weighted by molar-refractivity contribution is 1.32. The van der Waals surface area contributed by atoms with Crippen LogP contribution in [0.2, 0.25) is 0 Å². The molecule has 0 unspecified atom stereocenters. The van der Waals surface area contributed by atoms with Crippen molar-refractivity contribution in [2.75, 3.05) is 0 Å². The van der Waals surface area contributed by atoms with Crippen molar-refractivity contribution in [1.82, 2.24) is 9.97 Å². The van der Waals surface area contributed by atoms with Crippen LogP contribution in [-0.2, 0) is 0 Å². The molecule has 2 aromatic heterocycles. The van der Waals surface area contributed by atoms with E-state index in [9.17, 15) is 0 Å². The number of benzene rings is 1. The zero-order valence-electron chi connectivity index (χ0n) is 7.87. The molecule has 4 heteroatoms. The van der Waals surface area contributed by atoms with E-state index in [0.29, 0.717) is 0 Å². The van der Waals surface area contributed by atoms with Crippen LogP contribution in [0, 0.1) is 13.8 Å². The molecule has 0 radical (unpaired) electrons. The Hall–Kier alpha value is -1.00. The zero-order valence-corrected chi connectivity index (χ0v) is 9.50. The first kappa shape index (κ1) is 8.32. The fourth-order valence-corrected chi connectivity index (χ4v) is 3.26. The molecule has 14 heavy (non-hydrogen) atoms. The van der Waals surface area contributed by atoms with Crippen molar-refractivity contribution < 1.29 is 0 Å². The second-order valence-corrected chi connectivity index (χ2v) is 5.69. The highest BCUT2D eigenvalue weighted by molar-refractivity contribution is 7.20. The van der Waals surface area contributed by atoms with E-state index in [4.69, 9.17) is 0 Å². The Morgan fingerprint density at radius 2 is 1.29 bits per heavy atom. The topological polar surface area (TPSA) is 25.8 Å². The summed E-state index contributed by atoms with van der Waals surface area (Å²) in [6.45, 7) is 4.07. The molecule has 0 amide bonds. The van der Waals surface area contributed by atoms with Gasteiger partial charge in [-0.2, -0.15) is 0 Å². The average molecular weight is 220 g/mol. The molecule has 0 aliphatic rings. The highest BCUT2D eigenvalue weighted by atomic mass is 32.1. The Labute approximate surface area is 89.2 Å². The normalized spacial score (nSPS) is 11.6. The second-order valence-electron chi connectivity index (χ2n) is 3.22. The van der Waals surface area contributed by atoms with Gasteiger partial charge in [0, 0.05) is 0 Å². The van der Waals surface area contributed by atoms with Crippen molar-refractivity contribution in [2.24, 2.45) is 0 Å². The van der Waals surface area contributed by atoms with Gasteiger partial charge < -0.3 is 0 Å². The van der Waals surface area contributed by atoms with Gasteiger partial charge in [0.2, 0.25) is 0 Å². The lowest BCUT2D eigenvalue weighted by Crippen LogP contribution is -1.73. The van der Waals surface area contributed by atoms with Crippen molar-refractivity contribution in [2.45, 2.75) is 13.8 Å². The quantitative estimate of drug-likeness (QED) is 0.579. The van der Waals surface area contributed by atoms with E-state index in [1.54, 1.807) is 22.7 Å². The highest BCUT2D eigenvalue weighted by Gasteiger charge is 2.08. The standard InChI is InChI=1S/C10H8N2S2/c1-5-11-9-7(13-5)3-4-8-10(9)12-6(2)14-8/h3-4H,1-2H3. The van der Waals surface area contributed by atoms with Crippen LogP contribution in [0.15, 0.2) is 12.1 Å². The Morgan fingerprint density at radius 3 is 1.71 bits per heavy atom. The maximum atomic E-state index is 4.52. The fraction of sp³-hybridized carbons (Fsp3) is 0.200. The molecule has 0 atom stereocenters. The summed E-state index contributed by atoms with van der Waals surface area (Å²) >= 11 is 3.46. The summed E-state index contributed by atoms with van der Waals surface area (Å²) in [6, 6.07) is 4.28. The minimum absolute atomic E-state index is 1.06. The minimum atomic E-state index is 1.06. The van der Waals surface area contributed by atoms with Crippen LogP contribution < -0.4 is 0 Å². The number of aromatic nitrogens is 2. The van der Waals surface area contributed by atoms with Crippen LogP contribution >= 0.6 is 22.7 Å². The molecule has 1 aromatic carbocycles. The molecule has 0 saturated heterocycles. The third-order valence-electron chi connectivity index (χ3n) is 2.13. The van der Waals surface area contributed by atoms with Gasteiger partial charge in [0.15, 0.2) is 0 Å². The third-order valence-corrected chi connectivity index (χ3v) is 4.00.